The van der Waals surface area contributed by atoms with Gasteiger partial charge in [0.2, 0.25) is 5.91 Å². The fourth-order valence-electron chi connectivity index (χ4n) is 4.03. The van der Waals surface area contributed by atoms with Crippen LogP contribution in [-0.4, -0.2) is 53.9 Å². The maximum absolute atomic E-state index is 12.0. The van der Waals surface area contributed by atoms with Gasteiger partial charge < -0.3 is 14.4 Å². The van der Waals surface area contributed by atoms with Gasteiger partial charge in [0.15, 0.2) is 0 Å². The lowest BCUT2D eigenvalue weighted by Crippen LogP contribution is -2.41. The van der Waals surface area contributed by atoms with Crippen molar-refractivity contribution in [2.24, 2.45) is 5.92 Å². The average Bonchev–Trinajstić information content (AvgIpc) is 3.07. The van der Waals surface area contributed by atoms with E-state index in [4.69, 9.17) is 14.6 Å². The Morgan fingerprint density at radius 1 is 1.26 bits per heavy atom. The van der Waals surface area contributed by atoms with E-state index in [0.717, 1.165) is 30.2 Å². The van der Waals surface area contributed by atoms with Crippen molar-refractivity contribution in [3.8, 4) is 5.75 Å². The average molecular weight is 373 g/mol. The van der Waals surface area contributed by atoms with Crippen LogP contribution in [0.15, 0.2) is 18.3 Å². The Balaban J connectivity index is 1.87. The fraction of sp³-hybridized carbons (Fsp3) is 0.550. The lowest BCUT2D eigenvalue weighted by Gasteiger charge is -2.38. The van der Waals surface area contributed by atoms with Crippen LogP contribution in [0.3, 0.4) is 0 Å². The zero-order valence-corrected chi connectivity index (χ0v) is 16.6. The second kappa shape index (κ2) is 7.58. The highest BCUT2D eigenvalue weighted by Gasteiger charge is 2.32. The van der Waals surface area contributed by atoms with Crippen LogP contribution in [0.1, 0.15) is 49.5 Å². The number of benzene rings is 1. The third-order valence-corrected chi connectivity index (χ3v) is 5.73. The molecule has 27 heavy (non-hydrogen) atoms. The van der Waals surface area contributed by atoms with Crippen LogP contribution in [0.5, 0.6) is 5.75 Å². The van der Waals surface area contributed by atoms with E-state index in [0.29, 0.717) is 17.2 Å². The molecule has 2 aromatic rings. The lowest BCUT2D eigenvalue weighted by molar-refractivity contribution is -0.130. The van der Waals surface area contributed by atoms with Crippen LogP contribution < -0.4 is 4.74 Å². The predicted octanol–water partition coefficient (Wildman–Crippen LogP) is 3.04. The molecule has 0 bridgehead atoms. The van der Waals surface area contributed by atoms with Crippen molar-refractivity contribution >= 4 is 22.8 Å². The summed E-state index contributed by atoms with van der Waals surface area (Å²) >= 11 is 0. The number of aromatic nitrogens is 2. The first-order valence-corrected chi connectivity index (χ1v) is 9.24. The number of rotatable bonds is 4. The van der Waals surface area contributed by atoms with Gasteiger partial charge in [-0.25, -0.2) is 4.79 Å². The van der Waals surface area contributed by atoms with Gasteiger partial charge >= 0.3 is 5.97 Å². The number of esters is 1. The van der Waals surface area contributed by atoms with Crippen molar-refractivity contribution in [1.29, 1.82) is 0 Å². The molecule has 1 saturated carbocycles. The Labute approximate surface area is 159 Å². The monoisotopic (exact) mass is 373 g/mol. The molecule has 1 unspecified atom stereocenters. The van der Waals surface area contributed by atoms with E-state index < -0.39 is 5.97 Å². The molecule has 3 atom stereocenters. The number of carbonyl (C=O) groups excluding carboxylic acids is 2. The van der Waals surface area contributed by atoms with Gasteiger partial charge in [0.25, 0.3) is 0 Å². The summed E-state index contributed by atoms with van der Waals surface area (Å²) in [5.74, 6) is 0.529. The number of fused-ring (bicyclic) bond motifs is 1. The molecule has 0 radical (unpaired) electrons. The number of nitrogens with zero attached hydrogens (tertiary/aromatic N) is 3. The second-order valence-corrected chi connectivity index (χ2v) is 7.35. The number of carbonyl (C=O) groups is 2. The summed E-state index contributed by atoms with van der Waals surface area (Å²) in [6, 6.07) is 4.09. The van der Waals surface area contributed by atoms with Crippen LogP contribution in [0, 0.1) is 5.92 Å². The molecule has 0 saturated heterocycles. The highest BCUT2D eigenvalue weighted by atomic mass is 16.5. The van der Waals surface area contributed by atoms with Crippen LogP contribution in [-0.2, 0) is 9.53 Å². The molecule has 0 spiro atoms. The van der Waals surface area contributed by atoms with Gasteiger partial charge in [-0.3, -0.25) is 9.48 Å². The van der Waals surface area contributed by atoms with Gasteiger partial charge in [-0.1, -0.05) is 6.92 Å². The Morgan fingerprint density at radius 3 is 2.59 bits per heavy atom. The van der Waals surface area contributed by atoms with Crippen LogP contribution in [0.4, 0.5) is 0 Å². The number of methoxy groups -OCH3 is 2. The van der Waals surface area contributed by atoms with E-state index in [1.807, 2.05) is 22.8 Å². The first kappa shape index (κ1) is 19.2. The molecule has 1 aromatic carbocycles. The smallest absolute Gasteiger partial charge is 0.341 e. The summed E-state index contributed by atoms with van der Waals surface area (Å²) in [7, 11) is 4.76. The molecule has 1 amide bonds. The summed E-state index contributed by atoms with van der Waals surface area (Å²) in [6.07, 6.45) is 4.85. The minimum atomic E-state index is -0.428. The number of hydrogen-bond donors (Lipinski definition) is 0. The molecule has 0 aliphatic heterocycles. The van der Waals surface area contributed by atoms with Crippen molar-refractivity contribution in [2.75, 3.05) is 21.3 Å². The molecule has 1 aliphatic carbocycles. The number of amides is 1. The van der Waals surface area contributed by atoms with E-state index in [1.165, 1.54) is 14.2 Å². The third-order valence-electron chi connectivity index (χ3n) is 5.73. The molecule has 1 fully saturated rings. The SMILES string of the molecule is COC(=O)c1cc2cn([C@H]3CCC(N(C)C(C)=O)C[C@H]3C)nc2cc1OC. The van der Waals surface area contributed by atoms with E-state index in [9.17, 15) is 9.59 Å². The molecule has 3 rings (SSSR count). The Morgan fingerprint density at radius 2 is 2.00 bits per heavy atom. The van der Waals surface area contributed by atoms with Crippen molar-refractivity contribution in [3.63, 3.8) is 0 Å². The zero-order valence-electron chi connectivity index (χ0n) is 16.6. The molecule has 0 N–H and O–H groups in total. The molecule has 146 valence electrons. The van der Waals surface area contributed by atoms with Crippen molar-refractivity contribution in [1.82, 2.24) is 14.7 Å². The molecular formula is C20H27N3O4. The van der Waals surface area contributed by atoms with Crippen molar-refractivity contribution in [2.45, 2.75) is 45.2 Å². The van der Waals surface area contributed by atoms with Gasteiger partial charge in [0, 0.05) is 37.7 Å². The van der Waals surface area contributed by atoms with Gasteiger partial charge in [-0.2, -0.15) is 5.10 Å². The Hall–Kier alpha value is -2.57. The normalized spacial score (nSPS) is 22.5. The molecular weight excluding hydrogens is 346 g/mol. The van der Waals surface area contributed by atoms with Crippen LogP contribution in [0.2, 0.25) is 0 Å². The largest absolute Gasteiger partial charge is 0.496 e. The van der Waals surface area contributed by atoms with E-state index in [1.54, 1.807) is 19.1 Å². The Kier molecular flexibility index (Phi) is 5.39. The topological polar surface area (TPSA) is 73.7 Å². The van der Waals surface area contributed by atoms with Crippen LogP contribution >= 0.6 is 0 Å². The molecule has 1 aromatic heterocycles. The summed E-state index contributed by atoms with van der Waals surface area (Å²) < 4.78 is 12.2. The van der Waals surface area contributed by atoms with E-state index >= 15 is 0 Å². The molecule has 7 heteroatoms. The highest BCUT2D eigenvalue weighted by Crippen LogP contribution is 2.36. The quantitative estimate of drug-likeness (QED) is 0.770. The van der Waals surface area contributed by atoms with Crippen LogP contribution in [0.25, 0.3) is 10.9 Å². The standard InChI is InChI=1S/C20H27N3O4/c1-12-8-15(22(3)13(2)24)6-7-18(12)23-11-14-9-16(20(25)27-5)19(26-4)10-17(14)21-23/h9-12,15,18H,6-8H2,1-5H3/t12-,15?,18+/m1/s1. The Bertz CT molecular complexity index is 860. The van der Waals surface area contributed by atoms with E-state index in [-0.39, 0.29) is 18.0 Å². The third kappa shape index (κ3) is 3.63. The van der Waals surface area contributed by atoms with Gasteiger partial charge in [-0.15, -0.1) is 0 Å². The van der Waals surface area contributed by atoms with Crippen molar-refractivity contribution in [3.05, 3.63) is 23.9 Å². The summed E-state index contributed by atoms with van der Waals surface area (Å²) in [6.45, 7) is 3.82. The molecule has 1 heterocycles. The zero-order chi connectivity index (χ0) is 19.7. The minimum Gasteiger partial charge on any atom is -0.496 e. The number of ether oxygens (including phenoxy) is 2. The fourth-order valence-corrected chi connectivity index (χ4v) is 4.03. The van der Waals surface area contributed by atoms with E-state index in [2.05, 4.69) is 6.92 Å². The highest BCUT2D eigenvalue weighted by molar-refractivity contribution is 5.97. The summed E-state index contributed by atoms with van der Waals surface area (Å²) in [5, 5.41) is 5.61. The number of hydrogen-bond acceptors (Lipinski definition) is 5. The maximum atomic E-state index is 12.0. The van der Waals surface area contributed by atoms with Gasteiger partial charge in [-0.05, 0) is 31.2 Å². The lowest BCUT2D eigenvalue weighted by atomic mass is 9.82. The van der Waals surface area contributed by atoms with Gasteiger partial charge in [0.1, 0.15) is 11.3 Å². The molecule has 1 aliphatic rings. The van der Waals surface area contributed by atoms with Crippen molar-refractivity contribution < 1.29 is 19.1 Å². The predicted molar refractivity (Wildman–Crippen MR) is 102 cm³/mol. The first-order chi connectivity index (χ1) is 12.8. The maximum Gasteiger partial charge on any atom is 0.341 e. The van der Waals surface area contributed by atoms with Gasteiger partial charge in [0.05, 0.1) is 25.8 Å². The summed E-state index contributed by atoms with van der Waals surface area (Å²) in [4.78, 5) is 25.5. The first-order valence-electron chi connectivity index (χ1n) is 9.24. The molecule has 7 nitrogen and oxygen atoms in total. The minimum absolute atomic E-state index is 0.109. The second-order valence-electron chi connectivity index (χ2n) is 7.35. The summed E-state index contributed by atoms with van der Waals surface area (Å²) in [5.41, 5.74) is 1.18.